The predicted octanol–water partition coefficient (Wildman–Crippen LogP) is 3.16. The summed E-state index contributed by atoms with van der Waals surface area (Å²) in [6.45, 7) is 0. The molecule has 2 aromatic heterocycles. The van der Waals surface area contributed by atoms with Crippen LogP contribution >= 0.6 is 0 Å². The summed E-state index contributed by atoms with van der Waals surface area (Å²) in [6.07, 6.45) is 2.47. The van der Waals surface area contributed by atoms with Crippen molar-refractivity contribution in [2.75, 3.05) is 0 Å². The Morgan fingerprint density at radius 2 is 2.00 bits per heavy atom. The first-order valence-corrected chi connectivity index (χ1v) is 5.92. The monoisotopic (exact) mass is 252 g/mol. The molecule has 3 rings (SSSR count). The van der Waals surface area contributed by atoms with Crippen LogP contribution in [0.4, 0.5) is 0 Å². The standard InChI is InChI=1S/C15H12N2O2/c1-17-14(7-8-16-17)11-3-2-4-12(9-11)15-6-5-13(10-18)19-15/h2-10H,1H3. The molecule has 0 atom stereocenters. The Bertz CT molecular complexity index is 725. The lowest BCUT2D eigenvalue weighted by Gasteiger charge is -2.04. The Morgan fingerprint density at radius 3 is 2.68 bits per heavy atom. The quantitative estimate of drug-likeness (QED) is 0.673. The van der Waals surface area contributed by atoms with Crippen LogP contribution in [0.1, 0.15) is 10.6 Å². The van der Waals surface area contributed by atoms with Crippen molar-refractivity contribution in [1.82, 2.24) is 9.78 Å². The molecule has 0 saturated heterocycles. The molecule has 0 aliphatic heterocycles. The number of aldehydes is 1. The minimum absolute atomic E-state index is 0.334. The van der Waals surface area contributed by atoms with Crippen LogP contribution < -0.4 is 0 Å². The number of aromatic nitrogens is 2. The van der Waals surface area contributed by atoms with E-state index in [0.717, 1.165) is 16.8 Å². The Labute approximate surface area is 110 Å². The number of aryl methyl sites for hydroxylation is 1. The van der Waals surface area contributed by atoms with Gasteiger partial charge < -0.3 is 4.42 Å². The van der Waals surface area contributed by atoms with Gasteiger partial charge >= 0.3 is 0 Å². The van der Waals surface area contributed by atoms with Crippen molar-refractivity contribution in [2.45, 2.75) is 0 Å². The number of benzene rings is 1. The number of carbonyl (C=O) groups excluding carboxylic acids is 1. The van der Waals surface area contributed by atoms with Crippen molar-refractivity contribution in [3.05, 3.63) is 54.4 Å². The van der Waals surface area contributed by atoms with Crippen LogP contribution in [0.3, 0.4) is 0 Å². The van der Waals surface area contributed by atoms with Crippen LogP contribution in [0.5, 0.6) is 0 Å². The highest BCUT2D eigenvalue weighted by molar-refractivity contribution is 5.74. The highest BCUT2D eigenvalue weighted by atomic mass is 16.3. The summed E-state index contributed by atoms with van der Waals surface area (Å²) in [4.78, 5) is 10.6. The second kappa shape index (κ2) is 4.57. The third-order valence-electron chi connectivity index (χ3n) is 3.01. The molecule has 2 heterocycles. The van der Waals surface area contributed by atoms with Gasteiger partial charge in [0.25, 0.3) is 0 Å². The Balaban J connectivity index is 2.05. The fourth-order valence-corrected chi connectivity index (χ4v) is 2.06. The van der Waals surface area contributed by atoms with Crippen LogP contribution in [-0.2, 0) is 7.05 Å². The number of furan rings is 1. The maximum Gasteiger partial charge on any atom is 0.185 e. The number of rotatable bonds is 3. The van der Waals surface area contributed by atoms with Gasteiger partial charge in [-0.15, -0.1) is 0 Å². The van der Waals surface area contributed by atoms with Crippen molar-refractivity contribution < 1.29 is 9.21 Å². The van der Waals surface area contributed by atoms with Crippen LogP contribution in [0.25, 0.3) is 22.6 Å². The first kappa shape index (κ1) is 11.5. The molecule has 0 radical (unpaired) electrons. The average Bonchev–Trinajstić information content (AvgIpc) is 3.07. The molecule has 1 aromatic carbocycles. The molecule has 0 aliphatic carbocycles. The van der Waals surface area contributed by atoms with E-state index >= 15 is 0 Å². The van der Waals surface area contributed by atoms with Crippen molar-refractivity contribution in [3.63, 3.8) is 0 Å². The van der Waals surface area contributed by atoms with Crippen LogP contribution in [0.2, 0.25) is 0 Å². The van der Waals surface area contributed by atoms with E-state index in [9.17, 15) is 4.79 Å². The van der Waals surface area contributed by atoms with E-state index in [0.29, 0.717) is 17.8 Å². The molecule has 0 unspecified atom stereocenters. The van der Waals surface area contributed by atoms with Gasteiger partial charge in [-0.25, -0.2) is 0 Å². The highest BCUT2D eigenvalue weighted by Gasteiger charge is 2.07. The number of hydrogen-bond acceptors (Lipinski definition) is 3. The van der Waals surface area contributed by atoms with Gasteiger partial charge in [0.05, 0.1) is 5.69 Å². The zero-order valence-corrected chi connectivity index (χ0v) is 10.4. The zero-order chi connectivity index (χ0) is 13.2. The van der Waals surface area contributed by atoms with Gasteiger partial charge in [-0.1, -0.05) is 18.2 Å². The fraction of sp³-hybridized carbons (Fsp3) is 0.0667. The van der Waals surface area contributed by atoms with E-state index < -0.39 is 0 Å². The SMILES string of the molecule is Cn1nccc1-c1cccc(-c2ccc(C=O)o2)c1. The molecule has 4 nitrogen and oxygen atoms in total. The summed E-state index contributed by atoms with van der Waals surface area (Å²) in [5.74, 6) is 1.02. The van der Waals surface area contributed by atoms with Gasteiger partial charge in [-0.3, -0.25) is 9.48 Å². The van der Waals surface area contributed by atoms with E-state index in [-0.39, 0.29) is 0 Å². The van der Waals surface area contributed by atoms with Crippen molar-refractivity contribution >= 4 is 6.29 Å². The van der Waals surface area contributed by atoms with Gasteiger partial charge in [0, 0.05) is 24.4 Å². The highest BCUT2D eigenvalue weighted by Crippen LogP contribution is 2.26. The number of hydrogen-bond donors (Lipinski definition) is 0. The summed E-state index contributed by atoms with van der Waals surface area (Å²) < 4.78 is 7.25. The predicted molar refractivity (Wildman–Crippen MR) is 71.7 cm³/mol. The molecule has 19 heavy (non-hydrogen) atoms. The van der Waals surface area contributed by atoms with Crippen LogP contribution in [-0.4, -0.2) is 16.1 Å². The van der Waals surface area contributed by atoms with E-state index in [4.69, 9.17) is 4.42 Å². The number of nitrogens with zero attached hydrogens (tertiary/aromatic N) is 2. The summed E-state index contributed by atoms with van der Waals surface area (Å²) >= 11 is 0. The summed E-state index contributed by atoms with van der Waals surface area (Å²) in [5, 5.41) is 4.16. The molecular weight excluding hydrogens is 240 g/mol. The molecule has 0 fully saturated rings. The smallest absolute Gasteiger partial charge is 0.185 e. The first-order valence-electron chi connectivity index (χ1n) is 5.92. The molecule has 4 heteroatoms. The average molecular weight is 252 g/mol. The third-order valence-corrected chi connectivity index (χ3v) is 3.01. The van der Waals surface area contributed by atoms with Crippen LogP contribution in [0.15, 0.2) is 53.1 Å². The fourth-order valence-electron chi connectivity index (χ4n) is 2.06. The summed E-state index contributed by atoms with van der Waals surface area (Å²) in [7, 11) is 1.90. The minimum Gasteiger partial charge on any atom is -0.453 e. The van der Waals surface area contributed by atoms with Gasteiger partial charge in [0.15, 0.2) is 12.0 Å². The molecule has 0 bridgehead atoms. The van der Waals surface area contributed by atoms with Gasteiger partial charge in [-0.05, 0) is 24.3 Å². The van der Waals surface area contributed by atoms with Crippen molar-refractivity contribution in [3.8, 4) is 22.6 Å². The first-order chi connectivity index (χ1) is 9.28. The normalized spacial score (nSPS) is 10.6. The van der Waals surface area contributed by atoms with E-state index in [1.165, 1.54) is 0 Å². The molecule has 0 saturated carbocycles. The summed E-state index contributed by atoms with van der Waals surface area (Å²) in [6, 6.07) is 13.4. The van der Waals surface area contributed by atoms with Gasteiger partial charge in [0.1, 0.15) is 5.76 Å². The lowest BCUT2D eigenvalue weighted by atomic mass is 10.1. The Hall–Kier alpha value is -2.62. The van der Waals surface area contributed by atoms with E-state index in [1.807, 2.05) is 42.1 Å². The third kappa shape index (κ3) is 2.08. The zero-order valence-electron chi connectivity index (χ0n) is 10.4. The van der Waals surface area contributed by atoms with E-state index in [2.05, 4.69) is 5.10 Å². The van der Waals surface area contributed by atoms with Gasteiger partial charge in [0.2, 0.25) is 0 Å². The van der Waals surface area contributed by atoms with E-state index in [1.54, 1.807) is 18.3 Å². The molecule has 94 valence electrons. The van der Waals surface area contributed by atoms with Crippen molar-refractivity contribution in [1.29, 1.82) is 0 Å². The molecule has 0 N–H and O–H groups in total. The Kier molecular flexibility index (Phi) is 2.76. The molecule has 0 spiro atoms. The van der Waals surface area contributed by atoms with Gasteiger partial charge in [-0.2, -0.15) is 5.10 Å². The lowest BCUT2D eigenvalue weighted by molar-refractivity contribution is 0.110. The molecule has 0 aliphatic rings. The lowest BCUT2D eigenvalue weighted by Crippen LogP contribution is -1.93. The van der Waals surface area contributed by atoms with Crippen molar-refractivity contribution in [2.24, 2.45) is 7.05 Å². The minimum atomic E-state index is 0.334. The Morgan fingerprint density at radius 1 is 1.16 bits per heavy atom. The topological polar surface area (TPSA) is 48.0 Å². The largest absolute Gasteiger partial charge is 0.453 e. The second-order valence-corrected chi connectivity index (χ2v) is 4.24. The van der Waals surface area contributed by atoms with Crippen LogP contribution in [0, 0.1) is 0 Å². The summed E-state index contributed by atoms with van der Waals surface area (Å²) in [5.41, 5.74) is 3.03. The molecule has 3 aromatic rings. The second-order valence-electron chi connectivity index (χ2n) is 4.24. The maximum atomic E-state index is 10.6. The molecule has 0 amide bonds. The maximum absolute atomic E-state index is 10.6. The molecular formula is C15H12N2O2. The number of carbonyl (C=O) groups is 1.